The number of hydrogen-bond donors (Lipinski definition) is 2. The van der Waals surface area contributed by atoms with Crippen LogP contribution in [0.3, 0.4) is 0 Å². The van der Waals surface area contributed by atoms with Gasteiger partial charge in [-0.15, -0.1) is 0 Å². The maximum Gasteiger partial charge on any atom is 0.326 e. The van der Waals surface area contributed by atoms with E-state index in [1.807, 2.05) is 79.9 Å². The van der Waals surface area contributed by atoms with Gasteiger partial charge in [0.2, 0.25) is 0 Å². The van der Waals surface area contributed by atoms with Gasteiger partial charge in [0.25, 0.3) is 5.91 Å². The number of thioether (sulfide) groups is 1. The topological polar surface area (TPSA) is 79.3 Å². The molecule has 0 spiro atoms. The molecule has 6 heteroatoms. The Morgan fingerprint density at radius 3 is 2.53 bits per heavy atom. The minimum absolute atomic E-state index is 0.368. The molecule has 0 unspecified atom stereocenters. The number of aromatic nitrogens is 1. The van der Waals surface area contributed by atoms with Crippen molar-refractivity contribution in [2.45, 2.75) is 19.4 Å². The summed E-state index contributed by atoms with van der Waals surface area (Å²) in [5.41, 5.74) is 4.93. The third-order valence-electron chi connectivity index (χ3n) is 5.07. The van der Waals surface area contributed by atoms with Gasteiger partial charge in [0.1, 0.15) is 6.04 Å². The fourth-order valence-electron chi connectivity index (χ4n) is 3.35. The van der Waals surface area contributed by atoms with Crippen LogP contribution >= 0.6 is 11.8 Å². The standard InChI is InChI=1S/C26H26N2O3S/c1-18-7-3-4-9-21(18)23-17-19(10-12-20-8-5-6-15-27-20)11-13-22(23)25(29)28-24(26(30)31)14-16-32-2/h3-13,15,17,24H,14,16H2,1-2H3,(H,28,29)(H,30,31)/b12-10+/t24-/m0/s1. The van der Waals surface area contributed by atoms with Crippen molar-refractivity contribution < 1.29 is 14.7 Å². The number of carboxylic acid groups (broad SMARTS) is 1. The minimum atomic E-state index is -1.03. The lowest BCUT2D eigenvalue weighted by Crippen LogP contribution is -2.41. The first kappa shape index (κ1) is 23.3. The molecular weight excluding hydrogens is 420 g/mol. The van der Waals surface area contributed by atoms with Crippen LogP contribution in [0.15, 0.2) is 66.9 Å². The molecule has 2 N–H and O–H groups in total. The molecule has 5 nitrogen and oxygen atoms in total. The number of hydrogen-bond acceptors (Lipinski definition) is 4. The summed E-state index contributed by atoms with van der Waals surface area (Å²) in [4.78, 5) is 29.0. The zero-order chi connectivity index (χ0) is 22.9. The highest BCUT2D eigenvalue weighted by Crippen LogP contribution is 2.29. The Morgan fingerprint density at radius 1 is 1.06 bits per heavy atom. The van der Waals surface area contributed by atoms with Crippen LogP contribution in [-0.4, -0.2) is 40.0 Å². The van der Waals surface area contributed by atoms with Crippen LogP contribution in [0.2, 0.25) is 0 Å². The summed E-state index contributed by atoms with van der Waals surface area (Å²) in [7, 11) is 0. The van der Waals surface area contributed by atoms with E-state index in [9.17, 15) is 14.7 Å². The lowest BCUT2D eigenvalue weighted by molar-refractivity contribution is -0.139. The van der Waals surface area contributed by atoms with E-state index < -0.39 is 17.9 Å². The van der Waals surface area contributed by atoms with Gasteiger partial charge in [-0.2, -0.15) is 11.8 Å². The maximum absolute atomic E-state index is 13.1. The lowest BCUT2D eigenvalue weighted by atomic mass is 9.93. The average molecular weight is 447 g/mol. The van der Waals surface area contributed by atoms with Gasteiger partial charge in [-0.3, -0.25) is 9.78 Å². The van der Waals surface area contributed by atoms with Crippen molar-refractivity contribution in [2.24, 2.45) is 0 Å². The highest BCUT2D eigenvalue weighted by atomic mass is 32.2. The summed E-state index contributed by atoms with van der Waals surface area (Å²) < 4.78 is 0. The summed E-state index contributed by atoms with van der Waals surface area (Å²) in [5.74, 6) is -0.768. The zero-order valence-electron chi connectivity index (χ0n) is 18.1. The number of carbonyl (C=O) groups excluding carboxylic acids is 1. The molecular formula is C26H26N2O3S. The van der Waals surface area contributed by atoms with Crippen molar-refractivity contribution in [3.8, 4) is 11.1 Å². The fourth-order valence-corrected chi connectivity index (χ4v) is 3.82. The minimum Gasteiger partial charge on any atom is -0.480 e. The normalized spacial score (nSPS) is 11.9. The molecule has 32 heavy (non-hydrogen) atoms. The van der Waals surface area contributed by atoms with Crippen LogP contribution in [0.4, 0.5) is 0 Å². The van der Waals surface area contributed by atoms with Crippen LogP contribution < -0.4 is 5.32 Å². The van der Waals surface area contributed by atoms with Gasteiger partial charge in [0, 0.05) is 11.8 Å². The first-order valence-corrected chi connectivity index (χ1v) is 11.7. The van der Waals surface area contributed by atoms with Gasteiger partial charge in [-0.05, 0) is 77.9 Å². The predicted octanol–water partition coefficient (Wildman–Crippen LogP) is 5.16. The van der Waals surface area contributed by atoms with Crippen LogP contribution in [0, 0.1) is 6.92 Å². The third kappa shape index (κ3) is 6.08. The molecule has 1 amide bonds. The zero-order valence-corrected chi connectivity index (χ0v) is 18.9. The molecule has 2 aromatic carbocycles. The summed E-state index contributed by atoms with van der Waals surface area (Å²) in [6, 6.07) is 18.2. The van der Waals surface area contributed by atoms with E-state index in [4.69, 9.17) is 0 Å². The van der Waals surface area contributed by atoms with Crippen LogP contribution in [0.1, 0.15) is 33.6 Å². The molecule has 3 aromatic rings. The van der Waals surface area contributed by atoms with Crippen molar-refractivity contribution in [3.63, 3.8) is 0 Å². The summed E-state index contributed by atoms with van der Waals surface area (Å²) in [5, 5.41) is 12.2. The Bertz CT molecular complexity index is 1110. The predicted molar refractivity (Wildman–Crippen MR) is 132 cm³/mol. The lowest BCUT2D eigenvalue weighted by Gasteiger charge is -2.17. The Hall–Kier alpha value is -3.38. The molecule has 0 aliphatic rings. The Morgan fingerprint density at radius 2 is 1.84 bits per heavy atom. The number of nitrogens with zero attached hydrogens (tertiary/aromatic N) is 1. The molecule has 0 radical (unpaired) electrons. The summed E-state index contributed by atoms with van der Waals surface area (Å²) in [6.45, 7) is 1.99. The molecule has 0 bridgehead atoms. The van der Waals surface area contributed by atoms with E-state index in [0.717, 1.165) is 27.9 Å². The summed E-state index contributed by atoms with van der Waals surface area (Å²) >= 11 is 1.55. The molecule has 3 rings (SSSR count). The number of rotatable bonds is 9. The van der Waals surface area contributed by atoms with Gasteiger partial charge in [0.15, 0.2) is 0 Å². The largest absolute Gasteiger partial charge is 0.480 e. The number of amides is 1. The number of benzene rings is 2. The van der Waals surface area contributed by atoms with Gasteiger partial charge in [-0.1, -0.05) is 42.5 Å². The number of carbonyl (C=O) groups is 2. The second kappa shape index (κ2) is 11.3. The van der Waals surface area contributed by atoms with E-state index >= 15 is 0 Å². The van der Waals surface area contributed by atoms with Crippen molar-refractivity contribution in [1.29, 1.82) is 0 Å². The average Bonchev–Trinajstić information content (AvgIpc) is 2.81. The Kier molecular flexibility index (Phi) is 8.22. The number of pyridine rings is 1. The molecule has 1 aromatic heterocycles. The van der Waals surface area contributed by atoms with Gasteiger partial charge in [0.05, 0.1) is 5.69 Å². The molecule has 0 aliphatic heterocycles. The van der Waals surface area contributed by atoms with Crippen molar-refractivity contribution >= 4 is 35.8 Å². The third-order valence-corrected chi connectivity index (χ3v) is 5.72. The van der Waals surface area contributed by atoms with Gasteiger partial charge >= 0.3 is 5.97 Å². The van der Waals surface area contributed by atoms with E-state index in [1.54, 1.807) is 24.0 Å². The van der Waals surface area contributed by atoms with E-state index in [-0.39, 0.29) is 0 Å². The second-order valence-electron chi connectivity index (χ2n) is 7.35. The van der Waals surface area contributed by atoms with Crippen LogP contribution in [-0.2, 0) is 4.79 Å². The van der Waals surface area contributed by atoms with E-state index in [0.29, 0.717) is 17.7 Å². The first-order chi connectivity index (χ1) is 15.5. The number of nitrogens with one attached hydrogen (secondary N) is 1. The highest BCUT2D eigenvalue weighted by Gasteiger charge is 2.22. The number of aliphatic carboxylic acids is 1. The molecule has 0 saturated carbocycles. The molecule has 0 fully saturated rings. The van der Waals surface area contributed by atoms with Crippen LogP contribution in [0.25, 0.3) is 23.3 Å². The molecule has 1 atom stereocenters. The fraction of sp³-hybridized carbons (Fsp3) is 0.192. The van der Waals surface area contributed by atoms with Crippen molar-refractivity contribution in [1.82, 2.24) is 10.3 Å². The van der Waals surface area contributed by atoms with E-state index in [1.165, 1.54) is 0 Å². The second-order valence-corrected chi connectivity index (χ2v) is 8.34. The number of carboxylic acids is 1. The molecule has 0 saturated heterocycles. The van der Waals surface area contributed by atoms with E-state index in [2.05, 4.69) is 10.3 Å². The molecule has 0 aliphatic carbocycles. The van der Waals surface area contributed by atoms with Crippen molar-refractivity contribution in [3.05, 3.63) is 89.2 Å². The molecule has 1 heterocycles. The van der Waals surface area contributed by atoms with Crippen molar-refractivity contribution in [2.75, 3.05) is 12.0 Å². The smallest absolute Gasteiger partial charge is 0.326 e. The van der Waals surface area contributed by atoms with Gasteiger partial charge < -0.3 is 10.4 Å². The molecule has 164 valence electrons. The van der Waals surface area contributed by atoms with Gasteiger partial charge in [-0.25, -0.2) is 4.79 Å². The number of aryl methyl sites for hydroxylation is 1. The summed E-state index contributed by atoms with van der Waals surface area (Å²) in [6.07, 6.45) is 7.88. The monoisotopic (exact) mass is 446 g/mol. The SMILES string of the molecule is CSCC[C@H](NC(=O)c1ccc(/C=C/c2ccccn2)cc1-c1ccccc1C)C(=O)O. The van der Waals surface area contributed by atoms with Crippen LogP contribution in [0.5, 0.6) is 0 Å². The first-order valence-electron chi connectivity index (χ1n) is 10.3. The maximum atomic E-state index is 13.1. The quantitative estimate of drug-likeness (QED) is 0.474. The Labute approximate surface area is 192 Å². The highest BCUT2D eigenvalue weighted by molar-refractivity contribution is 7.98. The Balaban J connectivity index is 1.98.